The van der Waals surface area contributed by atoms with Crippen LogP contribution in [0.4, 0.5) is 0 Å². The minimum Gasteiger partial charge on any atom is -0.507 e. The molecular weight excluding hydrogens is 348 g/mol. The topological polar surface area (TPSA) is 63.6 Å². The summed E-state index contributed by atoms with van der Waals surface area (Å²) in [4.78, 5) is 15.0. The molecule has 1 N–H and O–H groups in total. The molecule has 5 heteroatoms. The van der Waals surface area contributed by atoms with Gasteiger partial charge in [-0.25, -0.2) is 4.79 Å². The first-order valence-electron chi connectivity index (χ1n) is 8.99. The van der Waals surface area contributed by atoms with E-state index in [1.165, 1.54) is 4.88 Å². The highest BCUT2D eigenvalue weighted by molar-refractivity contribution is 7.12. The third-order valence-corrected chi connectivity index (χ3v) is 5.88. The predicted octanol–water partition coefficient (Wildman–Crippen LogP) is 5.59. The summed E-state index contributed by atoms with van der Waals surface area (Å²) in [5.41, 5.74) is -0.0956. The average molecular weight is 372 g/mol. The van der Waals surface area contributed by atoms with Gasteiger partial charge in [0.05, 0.1) is 11.8 Å². The van der Waals surface area contributed by atoms with Crippen molar-refractivity contribution in [2.24, 2.45) is 0 Å². The molecule has 138 valence electrons. The van der Waals surface area contributed by atoms with E-state index in [-0.39, 0.29) is 17.6 Å². The molecule has 0 aliphatic carbocycles. The van der Waals surface area contributed by atoms with Crippen molar-refractivity contribution in [3.8, 4) is 5.75 Å². The van der Waals surface area contributed by atoms with Gasteiger partial charge in [0.2, 0.25) is 0 Å². The molecule has 0 fully saturated rings. The van der Waals surface area contributed by atoms with E-state index in [0.29, 0.717) is 17.7 Å². The van der Waals surface area contributed by atoms with Crippen LogP contribution in [0.15, 0.2) is 50.2 Å². The standard InChI is InChI=1S/C21H24O4S/c1-4-14(11-15-7-6-10-24-15)18-12-17(22)20(21(23)25-18)16(5-2)19-9-8-13(3)26-19/h6-10,12,14,16,22H,4-5,11H2,1-3H3. The lowest BCUT2D eigenvalue weighted by atomic mass is 9.93. The maximum atomic E-state index is 12.7. The van der Waals surface area contributed by atoms with Crippen LogP contribution in [0.1, 0.15) is 65.4 Å². The Hall–Kier alpha value is -2.27. The summed E-state index contributed by atoms with van der Waals surface area (Å²) < 4.78 is 11.1. The van der Waals surface area contributed by atoms with Crippen LogP contribution in [0, 0.1) is 6.92 Å². The van der Waals surface area contributed by atoms with Crippen LogP contribution in [-0.4, -0.2) is 5.11 Å². The molecule has 3 rings (SSSR count). The van der Waals surface area contributed by atoms with Crippen molar-refractivity contribution < 1.29 is 13.9 Å². The Balaban J connectivity index is 1.96. The summed E-state index contributed by atoms with van der Waals surface area (Å²) in [5, 5.41) is 10.6. The molecule has 0 aliphatic rings. The maximum Gasteiger partial charge on any atom is 0.343 e. The van der Waals surface area contributed by atoms with Crippen LogP contribution in [-0.2, 0) is 6.42 Å². The molecule has 4 nitrogen and oxygen atoms in total. The predicted molar refractivity (Wildman–Crippen MR) is 103 cm³/mol. The lowest BCUT2D eigenvalue weighted by Gasteiger charge is -2.17. The van der Waals surface area contributed by atoms with E-state index < -0.39 is 5.63 Å². The van der Waals surface area contributed by atoms with Crippen molar-refractivity contribution in [1.29, 1.82) is 0 Å². The van der Waals surface area contributed by atoms with Crippen LogP contribution >= 0.6 is 11.3 Å². The second-order valence-corrected chi connectivity index (χ2v) is 7.85. The summed E-state index contributed by atoms with van der Waals surface area (Å²) in [5.74, 6) is 1.20. The molecule has 3 aromatic rings. The Bertz CT molecular complexity index is 904. The van der Waals surface area contributed by atoms with Crippen molar-refractivity contribution in [2.75, 3.05) is 0 Å². The number of hydrogen-bond acceptors (Lipinski definition) is 5. The van der Waals surface area contributed by atoms with Crippen molar-refractivity contribution >= 4 is 11.3 Å². The van der Waals surface area contributed by atoms with Gasteiger partial charge in [-0.3, -0.25) is 0 Å². The SMILES string of the molecule is CCC(Cc1ccco1)c1cc(O)c(C(CC)c2ccc(C)s2)c(=O)o1. The molecule has 0 radical (unpaired) electrons. The monoisotopic (exact) mass is 372 g/mol. The molecule has 26 heavy (non-hydrogen) atoms. The molecule has 0 bridgehead atoms. The van der Waals surface area contributed by atoms with E-state index >= 15 is 0 Å². The Labute approximate surface area is 157 Å². The number of furan rings is 1. The van der Waals surface area contributed by atoms with E-state index in [9.17, 15) is 9.90 Å². The minimum absolute atomic E-state index is 0.0159. The average Bonchev–Trinajstić information content (AvgIpc) is 3.27. The zero-order valence-electron chi connectivity index (χ0n) is 15.3. The highest BCUT2D eigenvalue weighted by atomic mass is 32.1. The Kier molecular flexibility index (Phi) is 5.67. The highest BCUT2D eigenvalue weighted by Crippen LogP contribution is 2.37. The zero-order valence-corrected chi connectivity index (χ0v) is 16.1. The van der Waals surface area contributed by atoms with E-state index in [2.05, 4.69) is 0 Å². The molecule has 2 unspecified atom stereocenters. The molecule has 2 atom stereocenters. The Morgan fingerprint density at radius 1 is 1.19 bits per heavy atom. The molecule has 0 spiro atoms. The van der Waals surface area contributed by atoms with Crippen LogP contribution in [0.2, 0.25) is 0 Å². The number of rotatable bonds is 7. The van der Waals surface area contributed by atoms with Gasteiger partial charge in [-0.15, -0.1) is 11.3 Å². The van der Waals surface area contributed by atoms with Gasteiger partial charge >= 0.3 is 5.63 Å². The van der Waals surface area contributed by atoms with E-state index in [4.69, 9.17) is 8.83 Å². The fraction of sp³-hybridized carbons (Fsp3) is 0.381. The van der Waals surface area contributed by atoms with Gasteiger partial charge in [0.25, 0.3) is 0 Å². The first kappa shape index (κ1) is 18.5. The molecular formula is C21H24O4S. The molecule has 0 saturated heterocycles. The maximum absolute atomic E-state index is 12.7. The number of hydrogen-bond donors (Lipinski definition) is 1. The van der Waals surface area contributed by atoms with Gasteiger partial charge in [-0.1, -0.05) is 13.8 Å². The number of aryl methyl sites for hydroxylation is 1. The number of aromatic hydroxyl groups is 1. The smallest absolute Gasteiger partial charge is 0.343 e. The zero-order chi connectivity index (χ0) is 18.7. The molecule has 0 aromatic carbocycles. The summed E-state index contributed by atoms with van der Waals surface area (Å²) in [6, 6.07) is 9.41. The summed E-state index contributed by atoms with van der Waals surface area (Å²) in [7, 11) is 0. The van der Waals surface area contributed by atoms with Crippen molar-refractivity contribution in [3.63, 3.8) is 0 Å². The molecule has 0 amide bonds. The molecule has 3 aromatic heterocycles. The van der Waals surface area contributed by atoms with Crippen LogP contribution < -0.4 is 5.63 Å². The summed E-state index contributed by atoms with van der Waals surface area (Å²) in [6.07, 6.45) is 3.77. The molecule has 0 aliphatic heterocycles. The van der Waals surface area contributed by atoms with Gasteiger partial charge in [0, 0.05) is 34.1 Å². The van der Waals surface area contributed by atoms with Gasteiger partial charge in [-0.05, 0) is 44.0 Å². The molecule has 3 heterocycles. The van der Waals surface area contributed by atoms with Crippen LogP contribution in [0.5, 0.6) is 5.75 Å². The van der Waals surface area contributed by atoms with Crippen molar-refractivity contribution in [3.05, 3.63) is 73.9 Å². The lowest BCUT2D eigenvalue weighted by Crippen LogP contribution is -2.15. The van der Waals surface area contributed by atoms with Gasteiger partial charge < -0.3 is 13.9 Å². The second kappa shape index (κ2) is 7.96. The quantitative estimate of drug-likeness (QED) is 0.587. The second-order valence-electron chi connectivity index (χ2n) is 6.53. The highest BCUT2D eigenvalue weighted by Gasteiger charge is 2.25. The van der Waals surface area contributed by atoms with Gasteiger partial charge in [-0.2, -0.15) is 0 Å². The first-order valence-corrected chi connectivity index (χ1v) is 9.80. The van der Waals surface area contributed by atoms with Crippen molar-refractivity contribution in [1.82, 2.24) is 0 Å². The number of thiophene rings is 1. The van der Waals surface area contributed by atoms with Gasteiger partial charge in [0.15, 0.2) is 0 Å². The van der Waals surface area contributed by atoms with Gasteiger partial charge in [0.1, 0.15) is 17.3 Å². The van der Waals surface area contributed by atoms with E-state index in [0.717, 1.165) is 23.5 Å². The fourth-order valence-electron chi connectivity index (χ4n) is 3.34. The Morgan fingerprint density at radius 2 is 2.00 bits per heavy atom. The minimum atomic E-state index is -0.448. The van der Waals surface area contributed by atoms with Crippen molar-refractivity contribution in [2.45, 2.75) is 51.9 Å². The normalized spacial score (nSPS) is 13.7. The van der Waals surface area contributed by atoms with Crippen LogP contribution in [0.25, 0.3) is 0 Å². The van der Waals surface area contributed by atoms with E-state index in [1.807, 2.05) is 45.0 Å². The summed E-state index contributed by atoms with van der Waals surface area (Å²) >= 11 is 1.65. The van der Waals surface area contributed by atoms with E-state index in [1.54, 1.807) is 23.7 Å². The third-order valence-electron chi connectivity index (χ3n) is 4.77. The van der Waals surface area contributed by atoms with Crippen LogP contribution in [0.3, 0.4) is 0 Å². The third kappa shape index (κ3) is 3.78. The fourth-order valence-corrected chi connectivity index (χ4v) is 4.41. The largest absolute Gasteiger partial charge is 0.507 e. The first-order chi connectivity index (χ1) is 12.5. The Morgan fingerprint density at radius 3 is 2.54 bits per heavy atom. The molecule has 0 saturated carbocycles. The summed E-state index contributed by atoms with van der Waals surface area (Å²) in [6.45, 7) is 6.08. The lowest BCUT2D eigenvalue weighted by molar-refractivity contribution is 0.371.